The van der Waals surface area contributed by atoms with Gasteiger partial charge in [0, 0.05) is 5.88 Å². The van der Waals surface area contributed by atoms with E-state index < -0.39 is 0 Å². The first-order valence-electron chi connectivity index (χ1n) is 6.39. The van der Waals surface area contributed by atoms with E-state index in [-0.39, 0.29) is 11.5 Å². The summed E-state index contributed by atoms with van der Waals surface area (Å²) < 4.78 is 5.08. The average molecular weight is 265 g/mol. The van der Waals surface area contributed by atoms with Gasteiger partial charge in [0.05, 0.1) is 18.8 Å². The molecule has 17 heavy (non-hydrogen) atoms. The Balaban J connectivity index is 0.000000302. The number of ether oxygens (including phenoxy) is 1. The molecule has 1 N–H and O–H groups in total. The molecule has 0 saturated carbocycles. The molecule has 0 aliphatic carbocycles. The summed E-state index contributed by atoms with van der Waals surface area (Å²) in [6.45, 7) is 14.0. The van der Waals surface area contributed by atoms with Gasteiger partial charge < -0.3 is 9.84 Å². The summed E-state index contributed by atoms with van der Waals surface area (Å²) in [5, 5.41) is 9.06. The van der Waals surface area contributed by atoms with Gasteiger partial charge in [-0.3, -0.25) is 0 Å². The summed E-state index contributed by atoms with van der Waals surface area (Å²) in [6, 6.07) is 0. The van der Waals surface area contributed by atoms with Crippen molar-refractivity contribution >= 4 is 11.6 Å². The molecule has 0 aromatic rings. The van der Waals surface area contributed by atoms with Gasteiger partial charge in [0.25, 0.3) is 0 Å². The number of halogens is 1. The number of rotatable bonds is 3. The summed E-state index contributed by atoms with van der Waals surface area (Å²) in [4.78, 5) is 0. The summed E-state index contributed by atoms with van der Waals surface area (Å²) in [7, 11) is 0. The third-order valence-electron chi connectivity index (χ3n) is 2.27. The largest absolute Gasteiger partial charge is 0.392 e. The van der Waals surface area contributed by atoms with E-state index in [9.17, 15) is 0 Å². The van der Waals surface area contributed by atoms with Crippen molar-refractivity contribution in [2.45, 2.75) is 66.6 Å². The lowest BCUT2D eigenvalue weighted by atomic mass is 9.90. The molecule has 0 amide bonds. The van der Waals surface area contributed by atoms with Gasteiger partial charge in [-0.05, 0) is 23.7 Å². The van der Waals surface area contributed by atoms with E-state index in [0.29, 0.717) is 17.4 Å². The lowest BCUT2D eigenvalue weighted by Gasteiger charge is -2.20. The zero-order valence-corrected chi connectivity index (χ0v) is 13.0. The Morgan fingerprint density at radius 2 is 1.65 bits per heavy atom. The van der Waals surface area contributed by atoms with Crippen LogP contribution in [0.1, 0.15) is 54.4 Å². The van der Waals surface area contributed by atoms with Crippen molar-refractivity contribution in [3.05, 3.63) is 0 Å². The predicted octanol–water partition coefficient (Wildman–Crippen LogP) is 3.84. The first-order valence-corrected chi connectivity index (χ1v) is 6.92. The van der Waals surface area contributed by atoms with Crippen LogP contribution in [0.15, 0.2) is 0 Å². The fourth-order valence-corrected chi connectivity index (χ4v) is 1.74. The molecule has 1 aliphatic heterocycles. The Hall–Kier alpha value is 0.210. The van der Waals surface area contributed by atoms with E-state index >= 15 is 0 Å². The summed E-state index contributed by atoms with van der Waals surface area (Å²) in [5.41, 5.74) is 0.648. The van der Waals surface area contributed by atoms with Crippen LogP contribution in [-0.4, -0.2) is 29.8 Å². The van der Waals surface area contributed by atoms with E-state index in [0.717, 1.165) is 13.0 Å². The van der Waals surface area contributed by atoms with Gasteiger partial charge in [0.15, 0.2) is 0 Å². The van der Waals surface area contributed by atoms with Crippen LogP contribution >= 0.6 is 11.6 Å². The molecule has 1 fully saturated rings. The normalized spacial score (nSPS) is 21.5. The van der Waals surface area contributed by atoms with E-state index in [4.69, 9.17) is 21.4 Å². The number of hydrogen-bond acceptors (Lipinski definition) is 2. The lowest BCUT2D eigenvalue weighted by Crippen LogP contribution is -2.18. The molecule has 0 spiro atoms. The highest BCUT2D eigenvalue weighted by Gasteiger charge is 2.27. The number of aliphatic hydroxyl groups excluding tert-OH is 1. The van der Waals surface area contributed by atoms with Crippen molar-refractivity contribution in [3.8, 4) is 0 Å². The monoisotopic (exact) mass is 264 g/mol. The molecule has 3 heteroatoms. The lowest BCUT2D eigenvalue weighted by molar-refractivity contribution is 0.141. The van der Waals surface area contributed by atoms with Crippen LogP contribution in [0.4, 0.5) is 0 Å². The molecule has 2 atom stereocenters. The third-order valence-corrected chi connectivity index (χ3v) is 2.62. The molecule has 2 nitrogen and oxygen atoms in total. The second-order valence-corrected chi connectivity index (χ2v) is 7.60. The van der Waals surface area contributed by atoms with Crippen molar-refractivity contribution in [1.29, 1.82) is 0 Å². The van der Waals surface area contributed by atoms with Crippen LogP contribution in [0.25, 0.3) is 0 Å². The van der Waals surface area contributed by atoms with Crippen LogP contribution in [0.3, 0.4) is 0 Å². The molecule has 0 aromatic heterocycles. The van der Waals surface area contributed by atoms with Crippen LogP contribution in [0, 0.1) is 10.8 Å². The second kappa shape index (κ2) is 6.96. The minimum atomic E-state index is -0.341. The topological polar surface area (TPSA) is 32.8 Å². The molecule has 2 unspecified atom stereocenters. The predicted molar refractivity (Wildman–Crippen MR) is 74.6 cm³/mol. The molecule has 0 aromatic carbocycles. The standard InChI is InChI=1S/C7H15ClO.C7H14O/c1-7(2,3)4-6(9)5-8;1-7(2,3)4-6-5-8-6/h6,9H,4-5H2,1-3H3;6H,4-5H2,1-3H3. The highest BCUT2D eigenvalue weighted by atomic mass is 35.5. The van der Waals surface area contributed by atoms with Gasteiger partial charge in [-0.25, -0.2) is 0 Å². The van der Waals surface area contributed by atoms with Crippen molar-refractivity contribution in [1.82, 2.24) is 0 Å². The maximum absolute atomic E-state index is 9.06. The fourth-order valence-electron chi connectivity index (χ4n) is 1.63. The summed E-state index contributed by atoms with van der Waals surface area (Å²) in [6.07, 6.45) is 2.24. The number of epoxide rings is 1. The zero-order valence-electron chi connectivity index (χ0n) is 12.2. The second-order valence-electron chi connectivity index (χ2n) is 7.29. The smallest absolute Gasteiger partial charge is 0.0814 e. The maximum Gasteiger partial charge on any atom is 0.0814 e. The molecule has 1 rings (SSSR count). The summed E-state index contributed by atoms with van der Waals surface area (Å²) >= 11 is 5.41. The van der Waals surface area contributed by atoms with Gasteiger partial charge in [-0.2, -0.15) is 0 Å². The van der Waals surface area contributed by atoms with Crippen molar-refractivity contribution in [2.75, 3.05) is 12.5 Å². The fraction of sp³-hybridized carbons (Fsp3) is 1.00. The molecule has 1 aliphatic rings. The van der Waals surface area contributed by atoms with E-state index in [1.807, 2.05) is 0 Å². The highest BCUT2D eigenvalue weighted by Crippen LogP contribution is 2.27. The minimum Gasteiger partial charge on any atom is -0.392 e. The van der Waals surface area contributed by atoms with Crippen LogP contribution in [-0.2, 0) is 4.74 Å². The minimum absolute atomic E-state index is 0.189. The van der Waals surface area contributed by atoms with Gasteiger partial charge in [-0.1, -0.05) is 41.5 Å². The third kappa shape index (κ3) is 14.1. The molecule has 0 radical (unpaired) electrons. The Bertz CT molecular complexity index is 199. The van der Waals surface area contributed by atoms with Gasteiger partial charge in [0.2, 0.25) is 0 Å². The zero-order chi connectivity index (χ0) is 13.7. The first kappa shape index (κ1) is 17.2. The van der Waals surface area contributed by atoms with Crippen LogP contribution < -0.4 is 0 Å². The maximum atomic E-state index is 9.06. The molecular weight excluding hydrogens is 236 g/mol. The molecular formula is C14H29ClO2. The van der Waals surface area contributed by atoms with Crippen molar-refractivity contribution < 1.29 is 9.84 Å². The van der Waals surface area contributed by atoms with Gasteiger partial charge in [0.1, 0.15) is 0 Å². The van der Waals surface area contributed by atoms with Gasteiger partial charge >= 0.3 is 0 Å². The molecule has 1 heterocycles. The summed E-state index contributed by atoms with van der Waals surface area (Å²) in [5.74, 6) is 0.345. The van der Waals surface area contributed by atoms with E-state index in [1.54, 1.807) is 0 Å². The quantitative estimate of drug-likeness (QED) is 0.621. The van der Waals surface area contributed by atoms with Crippen LogP contribution in [0.2, 0.25) is 0 Å². The first-order chi connectivity index (χ1) is 7.53. The average Bonchev–Trinajstić information content (AvgIpc) is 2.83. The van der Waals surface area contributed by atoms with E-state index in [1.165, 1.54) is 6.42 Å². The van der Waals surface area contributed by atoms with Gasteiger partial charge in [-0.15, -0.1) is 11.6 Å². The number of hydrogen-bond donors (Lipinski definition) is 1. The Morgan fingerprint density at radius 3 is 1.76 bits per heavy atom. The number of aliphatic hydroxyl groups is 1. The number of alkyl halides is 1. The van der Waals surface area contributed by atoms with E-state index in [2.05, 4.69) is 41.5 Å². The Labute approximate surface area is 112 Å². The van der Waals surface area contributed by atoms with Crippen molar-refractivity contribution in [2.24, 2.45) is 10.8 Å². The molecule has 1 saturated heterocycles. The Kier molecular flexibility index (Phi) is 7.05. The highest BCUT2D eigenvalue weighted by molar-refractivity contribution is 6.18. The van der Waals surface area contributed by atoms with Crippen molar-refractivity contribution in [3.63, 3.8) is 0 Å². The SMILES string of the molecule is CC(C)(C)CC(O)CCl.CC(C)(C)CC1CO1. The Morgan fingerprint density at radius 1 is 1.18 bits per heavy atom. The molecule has 0 bridgehead atoms. The van der Waals surface area contributed by atoms with Crippen LogP contribution in [0.5, 0.6) is 0 Å². The molecule has 104 valence electrons.